The molecule has 5 heterocycles. The van der Waals surface area contributed by atoms with Gasteiger partial charge < -0.3 is 15.0 Å². The zero-order valence-corrected chi connectivity index (χ0v) is 23.0. The number of nitrogens with one attached hydrogen (secondary N) is 1. The Labute approximate surface area is 236 Å². The van der Waals surface area contributed by atoms with Gasteiger partial charge in [0.2, 0.25) is 5.91 Å². The molecule has 39 heavy (non-hydrogen) atoms. The second-order valence-corrected chi connectivity index (χ2v) is 11.2. The Morgan fingerprint density at radius 2 is 2.03 bits per heavy atom. The lowest BCUT2D eigenvalue weighted by Crippen LogP contribution is -2.34. The zero-order chi connectivity index (χ0) is 26.6. The average molecular weight is 561 g/mol. The SMILES string of the molecule is O=C(C=CCN1CCCC1)N1CCc2c(sc3ncnc(Nc4ccc(OCc5ccccn5)c(Cl)c4)c23)C1. The Bertz CT molecular complexity index is 1500. The van der Waals surface area contributed by atoms with Gasteiger partial charge in [0.1, 0.15) is 29.3 Å². The standard InChI is InChI=1S/C29H29ClN6O2S/c30-23-16-20(8-9-24(23)38-18-21-6-1-2-11-31-21)34-28-27-22-10-15-36(17-25(22)39-29(27)33-19-32-28)26(37)7-5-14-35-12-3-4-13-35/h1-2,5-9,11,16,19H,3-4,10,12-15,17-18H2,(H,32,33,34). The number of thiophene rings is 1. The molecule has 2 aliphatic heterocycles. The summed E-state index contributed by atoms with van der Waals surface area (Å²) in [5.74, 6) is 1.40. The fraction of sp³-hybridized carbons (Fsp3) is 0.310. The Kier molecular flexibility index (Phi) is 7.71. The lowest BCUT2D eigenvalue weighted by molar-refractivity contribution is -0.126. The summed E-state index contributed by atoms with van der Waals surface area (Å²) in [6, 6.07) is 11.3. The van der Waals surface area contributed by atoms with E-state index in [4.69, 9.17) is 16.3 Å². The highest BCUT2D eigenvalue weighted by Crippen LogP contribution is 2.38. The summed E-state index contributed by atoms with van der Waals surface area (Å²) in [5.41, 5.74) is 2.85. The Hall–Kier alpha value is -3.53. The average Bonchev–Trinajstić information content (AvgIpc) is 3.61. The predicted octanol–water partition coefficient (Wildman–Crippen LogP) is 5.60. The van der Waals surface area contributed by atoms with Gasteiger partial charge in [-0.15, -0.1) is 11.3 Å². The number of rotatable bonds is 8. The molecule has 0 aliphatic carbocycles. The highest BCUT2D eigenvalue weighted by Gasteiger charge is 2.25. The number of hydrogen-bond donors (Lipinski definition) is 1. The minimum atomic E-state index is 0.0710. The summed E-state index contributed by atoms with van der Waals surface area (Å²) < 4.78 is 5.85. The van der Waals surface area contributed by atoms with Crippen molar-refractivity contribution in [1.82, 2.24) is 24.8 Å². The first-order chi connectivity index (χ1) is 19.1. The molecular weight excluding hydrogens is 532 g/mol. The Morgan fingerprint density at radius 1 is 1.13 bits per heavy atom. The number of nitrogens with zero attached hydrogens (tertiary/aromatic N) is 5. The molecule has 1 amide bonds. The van der Waals surface area contributed by atoms with Crippen molar-refractivity contribution in [2.45, 2.75) is 32.4 Å². The minimum Gasteiger partial charge on any atom is -0.486 e. The summed E-state index contributed by atoms with van der Waals surface area (Å²) in [6.45, 7) is 4.71. The zero-order valence-electron chi connectivity index (χ0n) is 21.5. The van der Waals surface area contributed by atoms with E-state index in [0.717, 1.165) is 58.3 Å². The number of likely N-dealkylation sites (tertiary alicyclic amines) is 1. The summed E-state index contributed by atoms with van der Waals surface area (Å²) in [4.78, 5) is 32.6. The number of hydrogen-bond acceptors (Lipinski definition) is 8. The molecule has 6 rings (SSSR count). The van der Waals surface area contributed by atoms with Gasteiger partial charge in [0.05, 0.1) is 22.6 Å². The van der Waals surface area contributed by atoms with E-state index in [0.29, 0.717) is 30.5 Å². The van der Waals surface area contributed by atoms with Crippen LogP contribution >= 0.6 is 22.9 Å². The number of anilines is 2. The number of aromatic nitrogens is 3. The van der Waals surface area contributed by atoms with Crippen LogP contribution in [0.25, 0.3) is 10.2 Å². The number of ether oxygens (including phenoxy) is 1. The van der Waals surface area contributed by atoms with Crippen molar-refractivity contribution < 1.29 is 9.53 Å². The van der Waals surface area contributed by atoms with Gasteiger partial charge >= 0.3 is 0 Å². The molecule has 8 nitrogen and oxygen atoms in total. The topological polar surface area (TPSA) is 83.5 Å². The van der Waals surface area contributed by atoms with Crippen molar-refractivity contribution in [1.29, 1.82) is 0 Å². The van der Waals surface area contributed by atoms with Gasteiger partial charge in [-0.05, 0) is 68.2 Å². The van der Waals surface area contributed by atoms with Gasteiger partial charge in [-0.2, -0.15) is 0 Å². The van der Waals surface area contributed by atoms with E-state index in [1.54, 1.807) is 29.9 Å². The quantitative estimate of drug-likeness (QED) is 0.281. The van der Waals surface area contributed by atoms with Crippen molar-refractivity contribution in [3.63, 3.8) is 0 Å². The molecule has 0 radical (unpaired) electrons. The van der Waals surface area contributed by atoms with Gasteiger partial charge in [-0.25, -0.2) is 9.97 Å². The second-order valence-electron chi connectivity index (χ2n) is 9.71. The maximum absolute atomic E-state index is 12.9. The molecule has 1 aromatic carbocycles. The van der Waals surface area contributed by atoms with Crippen LogP contribution < -0.4 is 10.1 Å². The van der Waals surface area contributed by atoms with Crippen LogP contribution in [-0.2, 0) is 24.4 Å². The molecule has 1 saturated heterocycles. The number of carbonyl (C=O) groups is 1. The van der Waals surface area contributed by atoms with E-state index < -0.39 is 0 Å². The van der Waals surface area contributed by atoms with Crippen LogP contribution in [0.2, 0.25) is 5.02 Å². The van der Waals surface area contributed by atoms with E-state index in [-0.39, 0.29) is 5.91 Å². The maximum Gasteiger partial charge on any atom is 0.246 e. The Morgan fingerprint density at radius 3 is 2.85 bits per heavy atom. The van der Waals surface area contributed by atoms with Crippen molar-refractivity contribution in [3.05, 3.63) is 82.2 Å². The molecule has 0 spiro atoms. The van der Waals surface area contributed by atoms with Gasteiger partial charge in [0, 0.05) is 35.9 Å². The van der Waals surface area contributed by atoms with Crippen molar-refractivity contribution in [2.75, 3.05) is 31.5 Å². The van der Waals surface area contributed by atoms with Crippen molar-refractivity contribution in [3.8, 4) is 5.75 Å². The molecule has 1 fully saturated rings. The smallest absolute Gasteiger partial charge is 0.246 e. The number of amides is 1. The highest BCUT2D eigenvalue weighted by molar-refractivity contribution is 7.19. The normalized spacial score (nSPS) is 15.7. The van der Waals surface area contributed by atoms with E-state index in [2.05, 4.69) is 25.2 Å². The van der Waals surface area contributed by atoms with Crippen LogP contribution in [0.1, 0.15) is 29.0 Å². The maximum atomic E-state index is 12.9. The summed E-state index contributed by atoms with van der Waals surface area (Å²) in [5, 5.41) is 4.94. The van der Waals surface area contributed by atoms with E-state index in [1.807, 2.05) is 47.4 Å². The largest absolute Gasteiger partial charge is 0.486 e. The van der Waals surface area contributed by atoms with Gasteiger partial charge in [0.25, 0.3) is 0 Å². The Balaban J connectivity index is 1.14. The molecule has 0 saturated carbocycles. The highest BCUT2D eigenvalue weighted by atomic mass is 35.5. The van der Waals surface area contributed by atoms with Crippen LogP contribution in [0.4, 0.5) is 11.5 Å². The van der Waals surface area contributed by atoms with Crippen LogP contribution in [0, 0.1) is 0 Å². The molecule has 10 heteroatoms. The summed E-state index contributed by atoms with van der Waals surface area (Å²) in [7, 11) is 0. The van der Waals surface area contributed by atoms with Gasteiger partial charge in [0.15, 0.2) is 0 Å². The number of pyridine rings is 1. The molecule has 200 valence electrons. The fourth-order valence-corrected chi connectivity index (χ4v) is 6.49. The number of fused-ring (bicyclic) bond motifs is 3. The molecule has 1 N–H and O–H groups in total. The molecule has 0 bridgehead atoms. The lowest BCUT2D eigenvalue weighted by atomic mass is 10.0. The first kappa shape index (κ1) is 25.7. The number of halogens is 1. The lowest BCUT2D eigenvalue weighted by Gasteiger charge is -2.26. The van der Waals surface area contributed by atoms with Gasteiger partial charge in [-0.1, -0.05) is 23.7 Å². The minimum absolute atomic E-state index is 0.0710. The molecule has 2 aliphatic rings. The second kappa shape index (κ2) is 11.7. The molecule has 3 aromatic heterocycles. The number of benzene rings is 1. The van der Waals surface area contributed by atoms with E-state index >= 15 is 0 Å². The molecule has 0 unspecified atom stereocenters. The summed E-state index contributed by atoms with van der Waals surface area (Å²) in [6.07, 6.45) is 10.3. The van der Waals surface area contributed by atoms with E-state index in [9.17, 15) is 4.79 Å². The van der Waals surface area contributed by atoms with Gasteiger partial charge in [-0.3, -0.25) is 14.7 Å². The third-order valence-corrected chi connectivity index (χ3v) is 8.49. The molecule has 0 atom stereocenters. The monoisotopic (exact) mass is 560 g/mol. The third-order valence-electron chi connectivity index (χ3n) is 7.07. The first-order valence-electron chi connectivity index (χ1n) is 13.2. The summed E-state index contributed by atoms with van der Waals surface area (Å²) >= 11 is 8.16. The van der Waals surface area contributed by atoms with Crippen molar-refractivity contribution in [2.24, 2.45) is 0 Å². The third kappa shape index (κ3) is 5.90. The molecule has 4 aromatic rings. The fourth-order valence-electron chi connectivity index (χ4n) is 5.05. The molecular formula is C29H29ClN6O2S. The van der Waals surface area contributed by atoms with Crippen LogP contribution in [0.5, 0.6) is 5.75 Å². The number of carbonyl (C=O) groups excluding carboxylic acids is 1. The van der Waals surface area contributed by atoms with Crippen molar-refractivity contribution >= 4 is 50.6 Å². The van der Waals surface area contributed by atoms with Crippen LogP contribution in [0.15, 0.2) is 61.1 Å². The van der Waals surface area contributed by atoms with Crippen LogP contribution in [0.3, 0.4) is 0 Å². The van der Waals surface area contributed by atoms with E-state index in [1.165, 1.54) is 18.4 Å². The predicted molar refractivity (Wildman–Crippen MR) is 155 cm³/mol. The van der Waals surface area contributed by atoms with Crippen LogP contribution in [-0.4, -0.2) is 56.8 Å². The first-order valence-corrected chi connectivity index (χ1v) is 14.4.